The Bertz CT molecular complexity index is 373. The van der Waals surface area contributed by atoms with Crippen molar-refractivity contribution in [1.29, 1.82) is 0 Å². The molecule has 2 rings (SSSR count). The van der Waals surface area contributed by atoms with Gasteiger partial charge in [0.05, 0.1) is 5.94 Å². The molecule has 1 aromatic heterocycles. The lowest BCUT2D eigenvalue weighted by atomic mass is 10.5. The Hall–Kier alpha value is -1.01. The number of ether oxygens (including phenoxy) is 1. The molecule has 0 aliphatic carbocycles. The molecular formula is C8H11N3O2S. The van der Waals surface area contributed by atoms with Crippen LogP contribution in [0.4, 0.5) is 5.82 Å². The van der Waals surface area contributed by atoms with Gasteiger partial charge in [0.2, 0.25) is 0 Å². The van der Waals surface area contributed by atoms with Crippen LogP contribution in [0.25, 0.3) is 0 Å². The van der Waals surface area contributed by atoms with Gasteiger partial charge in [-0.15, -0.1) is 11.8 Å². The van der Waals surface area contributed by atoms with E-state index in [1.54, 1.807) is 31.1 Å². The number of nitrogens with zero attached hydrogens (tertiary/aromatic N) is 2. The third-order valence-electron chi connectivity index (χ3n) is 2.00. The highest BCUT2D eigenvalue weighted by molar-refractivity contribution is 7.99. The number of hydrogen-bond acceptors (Lipinski definition) is 5. The van der Waals surface area contributed by atoms with E-state index in [4.69, 9.17) is 4.74 Å². The monoisotopic (exact) mass is 213 g/mol. The summed E-state index contributed by atoms with van der Waals surface area (Å²) in [5, 5.41) is 2.82. The fourth-order valence-corrected chi connectivity index (χ4v) is 2.06. The first-order valence-electron chi connectivity index (χ1n) is 4.27. The van der Waals surface area contributed by atoms with Crippen molar-refractivity contribution in [1.82, 2.24) is 9.55 Å². The van der Waals surface area contributed by atoms with Crippen molar-refractivity contribution < 1.29 is 4.74 Å². The lowest BCUT2D eigenvalue weighted by Crippen LogP contribution is -2.27. The van der Waals surface area contributed by atoms with Crippen LogP contribution in [-0.2, 0) is 4.74 Å². The second kappa shape index (κ2) is 4.02. The molecule has 0 radical (unpaired) electrons. The van der Waals surface area contributed by atoms with E-state index < -0.39 is 0 Å². The smallest absolute Gasteiger partial charge is 0.351 e. The molecule has 1 aliphatic heterocycles. The van der Waals surface area contributed by atoms with Crippen LogP contribution in [0.5, 0.6) is 0 Å². The van der Waals surface area contributed by atoms with Gasteiger partial charge in [-0.2, -0.15) is 4.98 Å². The van der Waals surface area contributed by atoms with Crippen molar-refractivity contribution >= 4 is 17.6 Å². The first kappa shape index (κ1) is 9.54. The molecule has 0 amide bonds. The maximum atomic E-state index is 11.5. The average Bonchev–Trinajstić information content (AvgIpc) is 2.70. The summed E-state index contributed by atoms with van der Waals surface area (Å²) >= 11 is 1.67. The Morgan fingerprint density at radius 1 is 1.79 bits per heavy atom. The highest BCUT2D eigenvalue weighted by Gasteiger charge is 2.18. The van der Waals surface area contributed by atoms with E-state index in [1.807, 2.05) is 0 Å². The third-order valence-corrected chi connectivity index (χ3v) is 2.82. The quantitative estimate of drug-likeness (QED) is 0.775. The third kappa shape index (κ3) is 1.76. The Morgan fingerprint density at radius 2 is 2.64 bits per heavy atom. The first-order valence-corrected chi connectivity index (χ1v) is 5.43. The van der Waals surface area contributed by atoms with E-state index in [-0.39, 0.29) is 11.9 Å². The predicted octanol–water partition coefficient (Wildman–Crippen LogP) is 0.504. The minimum atomic E-state index is -0.274. The van der Waals surface area contributed by atoms with Gasteiger partial charge < -0.3 is 10.1 Å². The highest BCUT2D eigenvalue weighted by atomic mass is 32.2. The van der Waals surface area contributed by atoms with Crippen LogP contribution < -0.4 is 11.0 Å². The number of rotatable bonds is 2. The van der Waals surface area contributed by atoms with Gasteiger partial charge in [-0.25, -0.2) is 4.79 Å². The van der Waals surface area contributed by atoms with Gasteiger partial charge in [0, 0.05) is 19.0 Å². The van der Waals surface area contributed by atoms with Crippen molar-refractivity contribution in [2.45, 2.75) is 6.23 Å². The average molecular weight is 213 g/mol. The molecule has 1 saturated heterocycles. The Labute approximate surface area is 85.5 Å². The van der Waals surface area contributed by atoms with Crippen LogP contribution in [0.3, 0.4) is 0 Å². The van der Waals surface area contributed by atoms with E-state index in [1.165, 1.54) is 4.57 Å². The summed E-state index contributed by atoms with van der Waals surface area (Å²) in [6.45, 7) is 0. The molecule has 76 valence electrons. The molecule has 2 heterocycles. The lowest BCUT2D eigenvalue weighted by molar-refractivity contribution is 0.0639. The number of anilines is 1. The van der Waals surface area contributed by atoms with Gasteiger partial charge in [-0.3, -0.25) is 4.57 Å². The molecule has 0 spiro atoms. The van der Waals surface area contributed by atoms with Gasteiger partial charge in [-0.05, 0) is 6.07 Å². The molecule has 0 saturated carbocycles. The molecule has 1 aromatic rings. The van der Waals surface area contributed by atoms with Crippen molar-refractivity contribution in [2.75, 3.05) is 24.1 Å². The van der Waals surface area contributed by atoms with Crippen LogP contribution in [0.2, 0.25) is 0 Å². The fourth-order valence-electron chi connectivity index (χ4n) is 1.26. The zero-order chi connectivity index (χ0) is 9.97. The topological polar surface area (TPSA) is 56.2 Å². The second-order valence-electron chi connectivity index (χ2n) is 2.86. The summed E-state index contributed by atoms with van der Waals surface area (Å²) in [4.78, 5) is 15.4. The van der Waals surface area contributed by atoms with Gasteiger partial charge in [0.15, 0.2) is 0 Å². The van der Waals surface area contributed by atoms with E-state index >= 15 is 0 Å². The Kier molecular flexibility index (Phi) is 2.74. The molecule has 1 atom stereocenters. The predicted molar refractivity (Wildman–Crippen MR) is 55.5 cm³/mol. The van der Waals surface area contributed by atoms with Crippen LogP contribution in [0.1, 0.15) is 6.23 Å². The maximum absolute atomic E-state index is 11.5. The van der Waals surface area contributed by atoms with E-state index in [0.29, 0.717) is 11.8 Å². The highest BCUT2D eigenvalue weighted by Crippen LogP contribution is 2.23. The number of thioether (sulfide) groups is 1. The minimum Gasteiger partial charge on any atom is -0.373 e. The Morgan fingerprint density at radius 3 is 3.21 bits per heavy atom. The second-order valence-corrected chi connectivity index (χ2v) is 3.84. The lowest BCUT2D eigenvalue weighted by Gasteiger charge is -2.11. The van der Waals surface area contributed by atoms with Gasteiger partial charge in [0.25, 0.3) is 0 Å². The van der Waals surface area contributed by atoms with Crippen LogP contribution >= 0.6 is 11.8 Å². The standard InChI is InChI=1S/C8H11N3O2S/c1-9-6-2-3-11(8(12)10-6)7-4-14-5-13-7/h2-3,7H,4-5H2,1H3,(H,9,10,12). The van der Waals surface area contributed by atoms with Crippen LogP contribution in [0, 0.1) is 0 Å². The van der Waals surface area contributed by atoms with Gasteiger partial charge in [-0.1, -0.05) is 0 Å². The van der Waals surface area contributed by atoms with E-state index in [9.17, 15) is 4.79 Å². The fraction of sp³-hybridized carbons (Fsp3) is 0.500. The van der Waals surface area contributed by atoms with Crippen LogP contribution in [0.15, 0.2) is 17.1 Å². The molecule has 14 heavy (non-hydrogen) atoms. The largest absolute Gasteiger partial charge is 0.373 e. The normalized spacial score (nSPS) is 21.1. The van der Waals surface area contributed by atoms with Gasteiger partial charge in [0.1, 0.15) is 12.0 Å². The van der Waals surface area contributed by atoms with Crippen molar-refractivity contribution in [3.63, 3.8) is 0 Å². The van der Waals surface area contributed by atoms with Crippen molar-refractivity contribution in [3.05, 3.63) is 22.7 Å². The summed E-state index contributed by atoms with van der Waals surface area (Å²) in [5.74, 6) is 2.03. The van der Waals surface area contributed by atoms with E-state index in [0.717, 1.165) is 5.75 Å². The molecule has 1 aliphatic rings. The minimum absolute atomic E-state index is 0.161. The summed E-state index contributed by atoms with van der Waals surface area (Å²) in [6.07, 6.45) is 1.54. The summed E-state index contributed by atoms with van der Waals surface area (Å²) in [5.41, 5.74) is -0.274. The maximum Gasteiger partial charge on any atom is 0.351 e. The zero-order valence-electron chi connectivity index (χ0n) is 7.77. The summed E-state index contributed by atoms with van der Waals surface area (Å²) < 4.78 is 6.87. The number of hydrogen-bond donors (Lipinski definition) is 1. The first-order chi connectivity index (χ1) is 6.81. The molecule has 1 unspecified atom stereocenters. The summed E-state index contributed by atoms with van der Waals surface area (Å²) in [6, 6.07) is 1.76. The summed E-state index contributed by atoms with van der Waals surface area (Å²) in [7, 11) is 1.73. The molecule has 0 bridgehead atoms. The zero-order valence-corrected chi connectivity index (χ0v) is 8.58. The molecule has 0 aromatic carbocycles. The van der Waals surface area contributed by atoms with Gasteiger partial charge >= 0.3 is 5.69 Å². The molecule has 6 heteroatoms. The van der Waals surface area contributed by atoms with Crippen molar-refractivity contribution in [2.24, 2.45) is 0 Å². The molecule has 1 N–H and O–H groups in total. The Balaban J connectivity index is 2.30. The molecule has 5 nitrogen and oxygen atoms in total. The van der Waals surface area contributed by atoms with E-state index in [2.05, 4.69) is 10.3 Å². The molecule has 1 fully saturated rings. The SMILES string of the molecule is CNc1ccn(C2CSCO2)c(=O)n1. The van der Waals surface area contributed by atoms with Crippen molar-refractivity contribution in [3.8, 4) is 0 Å². The number of nitrogens with one attached hydrogen (secondary N) is 1. The van der Waals surface area contributed by atoms with Crippen LogP contribution in [-0.4, -0.2) is 28.3 Å². The number of aromatic nitrogens is 2. The molecular weight excluding hydrogens is 202 g/mol.